The number of nitrogens with one attached hydrogen (secondary N) is 1. The molecule has 1 unspecified atom stereocenters. The van der Waals surface area contributed by atoms with Crippen LogP contribution in [0.1, 0.15) is 38.8 Å². The molecule has 1 aromatic rings. The molecule has 1 atom stereocenters. The van der Waals surface area contributed by atoms with Crippen LogP contribution in [0.15, 0.2) is 36.9 Å². The minimum Gasteiger partial charge on any atom is -0.491 e. The summed E-state index contributed by atoms with van der Waals surface area (Å²) < 4.78 is 5.69. The monoisotopic (exact) mass is 233 g/mol. The van der Waals surface area contributed by atoms with Crippen molar-refractivity contribution in [3.05, 3.63) is 42.5 Å². The van der Waals surface area contributed by atoms with Crippen LogP contribution in [0.5, 0.6) is 5.75 Å². The van der Waals surface area contributed by atoms with Crippen LogP contribution in [-0.2, 0) is 0 Å². The molecule has 0 aliphatic heterocycles. The first kappa shape index (κ1) is 13.8. The third-order valence-corrected chi connectivity index (χ3v) is 2.44. The summed E-state index contributed by atoms with van der Waals surface area (Å²) in [5.41, 5.74) is 1.20. The summed E-state index contributed by atoms with van der Waals surface area (Å²) in [4.78, 5) is 0. The third-order valence-electron chi connectivity index (χ3n) is 2.44. The predicted octanol–water partition coefficient (Wildman–Crippen LogP) is 3.70. The van der Waals surface area contributed by atoms with E-state index in [4.69, 9.17) is 4.74 Å². The van der Waals surface area contributed by atoms with Crippen LogP contribution in [0.3, 0.4) is 0 Å². The standard InChI is InChI=1S/C15H23NO/c1-5-10-16-15(6-2)13-8-7-9-14(11-13)17-12(3)4/h6-9,11-12,15-16H,2,5,10H2,1,3-4H3. The van der Waals surface area contributed by atoms with E-state index in [9.17, 15) is 0 Å². The minimum atomic E-state index is 0.200. The fraction of sp³-hybridized carbons (Fsp3) is 0.467. The molecule has 2 nitrogen and oxygen atoms in total. The Bertz CT molecular complexity index is 347. The van der Waals surface area contributed by atoms with Crippen molar-refractivity contribution in [3.8, 4) is 5.75 Å². The maximum atomic E-state index is 5.69. The third kappa shape index (κ3) is 4.61. The zero-order valence-electron chi connectivity index (χ0n) is 11.1. The van der Waals surface area contributed by atoms with Crippen LogP contribution in [0, 0.1) is 0 Å². The van der Waals surface area contributed by atoms with Gasteiger partial charge in [0.2, 0.25) is 0 Å². The van der Waals surface area contributed by atoms with Crippen LogP contribution < -0.4 is 10.1 Å². The lowest BCUT2D eigenvalue weighted by Gasteiger charge is -2.16. The first-order chi connectivity index (χ1) is 8.17. The maximum absolute atomic E-state index is 5.69. The second-order valence-corrected chi connectivity index (χ2v) is 4.41. The van der Waals surface area contributed by atoms with E-state index in [-0.39, 0.29) is 12.1 Å². The van der Waals surface area contributed by atoms with Crippen molar-refractivity contribution in [2.45, 2.75) is 39.3 Å². The van der Waals surface area contributed by atoms with E-state index in [1.807, 2.05) is 32.1 Å². The van der Waals surface area contributed by atoms with Crippen LogP contribution in [0.25, 0.3) is 0 Å². The van der Waals surface area contributed by atoms with Gasteiger partial charge in [-0.15, -0.1) is 6.58 Å². The van der Waals surface area contributed by atoms with Crippen molar-refractivity contribution in [2.75, 3.05) is 6.54 Å². The number of ether oxygens (including phenoxy) is 1. The number of hydrogen-bond donors (Lipinski definition) is 1. The maximum Gasteiger partial charge on any atom is 0.120 e. The second-order valence-electron chi connectivity index (χ2n) is 4.41. The van der Waals surface area contributed by atoms with Gasteiger partial charge in [-0.3, -0.25) is 0 Å². The Labute approximate surface area is 105 Å². The van der Waals surface area contributed by atoms with Gasteiger partial charge >= 0.3 is 0 Å². The molecule has 0 fully saturated rings. The summed E-state index contributed by atoms with van der Waals surface area (Å²) in [5, 5.41) is 3.44. The molecular weight excluding hydrogens is 210 g/mol. The van der Waals surface area contributed by atoms with Gasteiger partial charge in [0.15, 0.2) is 0 Å². The molecule has 0 heterocycles. The van der Waals surface area contributed by atoms with Gasteiger partial charge in [-0.05, 0) is 44.5 Å². The molecular formula is C15H23NO. The van der Waals surface area contributed by atoms with Crippen LogP contribution in [-0.4, -0.2) is 12.6 Å². The Balaban J connectivity index is 2.77. The summed E-state index contributed by atoms with van der Waals surface area (Å²) in [6, 6.07) is 8.39. The van der Waals surface area contributed by atoms with E-state index in [2.05, 4.69) is 31.0 Å². The van der Waals surface area contributed by atoms with E-state index in [1.54, 1.807) is 0 Å². The molecule has 2 heteroatoms. The molecule has 94 valence electrons. The molecule has 1 N–H and O–H groups in total. The summed E-state index contributed by atoms with van der Waals surface area (Å²) >= 11 is 0. The molecule has 0 spiro atoms. The Hall–Kier alpha value is -1.28. The van der Waals surface area contributed by atoms with E-state index < -0.39 is 0 Å². The van der Waals surface area contributed by atoms with Gasteiger partial charge in [-0.25, -0.2) is 0 Å². The quantitative estimate of drug-likeness (QED) is 0.725. The van der Waals surface area contributed by atoms with Gasteiger partial charge in [0.05, 0.1) is 12.1 Å². The SMILES string of the molecule is C=CC(NCCC)c1cccc(OC(C)C)c1. The van der Waals surface area contributed by atoms with Crippen molar-refractivity contribution in [2.24, 2.45) is 0 Å². The Morgan fingerprint density at radius 1 is 1.41 bits per heavy atom. The smallest absolute Gasteiger partial charge is 0.120 e. The highest BCUT2D eigenvalue weighted by molar-refractivity contribution is 5.32. The average molecular weight is 233 g/mol. The van der Waals surface area contributed by atoms with Crippen LogP contribution >= 0.6 is 0 Å². The second kappa shape index (κ2) is 7.13. The molecule has 1 aromatic carbocycles. The first-order valence-electron chi connectivity index (χ1n) is 6.30. The lowest BCUT2D eigenvalue weighted by molar-refractivity contribution is 0.242. The average Bonchev–Trinajstić information content (AvgIpc) is 2.30. The van der Waals surface area contributed by atoms with E-state index in [0.717, 1.165) is 18.7 Å². The van der Waals surface area contributed by atoms with Crippen LogP contribution in [0.2, 0.25) is 0 Å². The normalized spacial score (nSPS) is 12.5. The highest BCUT2D eigenvalue weighted by atomic mass is 16.5. The van der Waals surface area contributed by atoms with Gasteiger partial charge in [-0.2, -0.15) is 0 Å². The highest BCUT2D eigenvalue weighted by Gasteiger charge is 2.07. The predicted molar refractivity (Wildman–Crippen MR) is 73.4 cm³/mol. The zero-order valence-corrected chi connectivity index (χ0v) is 11.1. The summed E-state index contributed by atoms with van der Waals surface area (Å²) in [6.45, 7) is 11.1. The van der Waals surface area contributed by atoms with Gasteiger partial charge < -0.3 is 10.1 Å². The topological polar surface area (TPSA) is 21.3 Å². The molecule has 0 saturated heterocycles. The fourth-order valence-electron chi connectivity index (χ4n) is 1.69. The molecule has 0 aromatic heterocycles. The lowest BCUT2D eigenvalue weighted by atomic mass is 10.1. The van der Waals surface area contributed by atoms with Crippen molar-refractivity contribution in [1.82, 2.24) is 5.32 Å². The summed E-state index contributed by atoms with van der Waals surface area (Å²) in [5.74, 6) is 0.919. The summed E-state index contributed by atoms with van der Waals surface area (Å²) in [7, 11) is 0. The molecule has 0 saturated carbocycles. The Kier molecular flexibility index (Phi) is 5.78. The lowest BCUT2D eigenvalue weighted by Crippen LogP contribution is -2.20. The molecule has 0 aliphatic carbocycles. The molecule has 0 radical (unpaired) electrons. The Morgan fingerprint density at radius 3 is 2.76 bits per heavy atom. The number of hydrogen-bond acceptors (Lipinski definition) is 2. The number of benzene rings is 1. The van der Waals surface area contributed by atoms with Crippen molar-refractivity contribution >= 4 is 0 Å². The van der Waals surface area contributed by atoms with Gasteiger partial charge in [-0.1, -0.05) is 25.1 Å². The van der Waals surface area contributed by atoms with Crippen molar-refractivity contribution in [3.63, 3.8) is 0 Å². The van der Waals surface area contributed by atoms with Gasteiger partial charge in [0, 0.05) is 0 Å². The van der Waals surface area contributed by atoms with Gasteiger partial charge in [0.25, 0.3) is 0 Å². The van der Waals surface area contributed by atoms with Gasteiger partial charge in [0.1, 0.15) is 5.75 Å². The van der Waals surface area contributed by atoms with Crippen molar-refractivity contribution in [1.29, 1.82) is 0 Å². The van der Waals surface area contributed by atoms with Crippen LogP contribution in [0.4, 0.5) is 0 Å². The summed E-state index contributed by atoms with van der Waals surface area (Å²) in [6.07, 6.45) is 3.26. The van der Waals surface area contributed by atoms with Crippen molar-refractivity contribution < 1.29 is 4.74 Å². The molecule has 1 rings (SSSR count). The molecule has 0 aliphatic rings. The Morgan fingerprint density at radius 2 is 2.18 bits per heavy atom. The fourth-order valence-corrected chi connectivity index (χ4v) is 1.69. The van der Waals surface area contributed by atoms with E-state index >= 15 is 0 Å². The first-order valence-corrected chi connectivity index (χ1v) is 6.30. The zero-order chi connectivity index (χ0) is 12.7. The van der Waals surface area contributed by atoms with E-state index in [0.29, 0.717) is 0 Å². The molecule has 17 heavy (non-hydrogen) atoms. The van der Waals surface area contributed by atoms with E-state index in [1.165, 1.54) is 5.56 Å². The minimum absolute atomic E-state index is 0.200. The highest BCUT2D eigenvalue weighted by Crippen LogP contribution is 2.20. The molecule has 0 amide bonds. The number of rotatable bonds is 7. The largest absolute Gasteiger partial charge is 0.491 e. The molecule has 0 bridgehead atoms.